The maximum Gasteiger partial charge on any atom is 0.226 e. The van der Waals surface area contributed by atoms with Crippen molar-refractivity contribution < 1.29 is 4.79 Å². The van der Waals surface area contributed by atoms with E-state index in [1.54, 1.807) is 4.68 Å². The molecule has 2 aromatic heterocycles. The summed E-state index contributed by atoms with van der Waals surface area (Å²) in [6, 6.07) is 2.49. The number of aliphatic imine (C=N–C) groups is 1. The molecule has 2 aromatic rings. The standard InChI is InChI=1S/C19H24N8O/c1-25-10-17(23-24-25)13-6-16(21-7-13)18(22-11-20)26-8-14-4-5-15(9-26)27(14)19(28)12-2-3-12/h6-7,10-12,14-15,20-21H,2-5,8-9H2,1H3/b20-11?,22-18+. The Morgan fingerprint density at radius 3 is 2.64 bits per heavy atom. The number of hydrogen-bond acceptors (Lipinski definition) is 4. The maximum atomic E-state index is 12.7. The number of rotatable bonds is 4. The SMILES string of the molecule is Cn1cc(-c2c[nH]c(/C(=N\C=N)N3CC4CCC(C3)N4C(=O)C3CC3)c2)nn1. The number of carbonyl (C=O) groups is 1. The van der Waals surface area contributed by atoms with E-state index in [1.165, 1.54) is 0 Å². The summed E-state index contributed by atoms with van der Waals surface area (Å²) in [6.45, 7) is 1.53. The lowest BCUT2D eigenvalue weighted by Crippen LogP contribution is -2.57. The summed E-state index contributed by atoms with van der Waals surface area (Å²) in [5, 5.41) is 15.7. The number of hydrogen-bond donors (Lipinski definition) is 2. The molecular weight excluding hydrogens is 356 g/mol. The predicted molar refractivity (Wildman–Crippen MR) is 104 cm³/mol. The van der Waals surface area contributed by atoms with Crippen LogP contribution in [0.4, 0.5) is 0 Å². The first kappa shape index (κ1) is 17.2. The highest BCUT2D eigenvalue weighted by atomic mass is 16.2. The fraction of sp³-hybridized carbons (Fsp3) is 0.526. The van der Waals surface area contributed by atoms with Crippen molar-refractivity contribution in [1.82, 2.24) is 29.8 Å². The van der Waals surface area contributed by atoms with E-state index in [9.17, 15) is 4.79 Å². The summed E-state index contributed by atoms with van der Waals surface area (Å²) >= 11 is 0. The van der Waals surface area contributed by atoms with Gasteiger partial charge in [-0.15, -0.1) is 5.10 Å². The third-order valence-corrected chi connectivity index (χ3v) is 5.97. The molecule has 146 valence electrons. The van der Waals surface area contributed by atoms with Gasteiger partial charge in [-0.25, -0.2) is 4.99 Å². The molecule has 5 rings (SSSR count). The molecule has 1 aliphatic carbocycles. The molecule has 9 nitrogen and oxygen atoms in total. The highest BCUT2D eigenvalue weighted by molar-refractivity contribution is 6.02. The topological polar surface area (TPSA) is 106 Å². The average Bonchev–Trinajstić information content (AvgIpc) is 3.17. The number of aromatic amines is 1. The van der Waals surface area contributed by atoms with Crippen LogP contribution in [0.5, 0.6) is 0 Å². The Labute approximate surface area is 162 Å². The number of nitrogens with zero attached hydrogens (tertiary/aromatic N) is 6. The van der Waals surface area contributed by atoms with Crippen molar-refractivity contribution in [2.45, 2.75) is 37.8 Å². The summed E-state index contributed by atoms with van der Waals surface area (Å²) in [5.74, 6) is 1.37. The fourth-order valence-corrected chi connectivity index (χ4v) is 4.51. The van der Waals surface area contributed by atoms with Crippen molar-refractivity contribution in [2.75, 3.05) is 13.1 Å². The van der Waals surface area contributed by atoms with E-state index in [0.29, 0.717) is 5.91 Å². The first-order valence-corrected chi connectivity index (χ1v) is 9.83. The molecule has 0 aromatic carbocycles. The Hall–Kier alpha value is -2.97. The highest BCUT2D eigenvalue weighted by Gasteiger charge is 2.47. The second kappa shape index (κ2) is 6.57. The Morgan fingerprint density at radius 1 is 1.29 bits per heavy atom. The van der Waals surface area contributed by atoms with Crippen molar-refractivity contribution in [3.63, 3.8) is 0 Å². The summed E-state index contributed by atoms with van der Waals surface area (Å²) < 4.78 is 1.67. The van der Waals surface area contributed by atoms with Crippen LogP contribution in [0.1, 0.15) is 31.4 Å². The van der Waals surface area contributed by atoms with Crippen LogP contribution in [0.3, 0.4) is 0 Å². The van der Waals surface area contributed by atoms with Crippen LogP contribution in [-0.2, 0) is 11.8 Å². The number of nitrogens with one attached hydrogen (secondary N) is 2. The lowest BCUT2D eigenvalue weighted by Gasteiger charge is -2.42. The minimum absolute atomic E-state index is 0.247. The normalized spacial score (nSPS) is 24.7. The van der Waals surface area contributed by atoms with Gasteiger partial charge in [0.1, 0.15) is 12.0 Å². The van der Waals surface area contributed by atoms with Crippen LogP contribution in [0.25, 0.3) is 11.3 Å². The van der Waals surface area contributed by atoms with Crippen molar-refractivity contribution in [3.05, 3.63) is 24.2 Å². The summed E-state index contributed by atoms with van der Waals surface area (Å²) in [6.07, 6.45) is 9.03. The summed E-state index contributed by atoms with van der Waals surface area (Å²) in [5.41, 5.74) is 2.58. The van der Waals surface area contributed by atoms with E-state index in [-0.39, 0.29) is 18.0 Å². The first-order valence-electron chi connectivity index (χ1n) is 9.83. The second-order valence-electron chi connectivity index (χ2n) is 7.97. The Morgan fingerprint density at radius 2 is 2.04 bits per heavy atom. The van der Waals surface area contributed by atoms with Gasteiger partial charge in [-0.05, 0) is 31.7 Å². The Kier molecular flexibility index (Phi) is 4.03. The number of aryl methyl sites for hydroxylation is 1. The van der Waals surface area contributed by atoms with E-state index in [0.717, 1.165) is 67.9 Å². The van der Waals surface area contributed by atoms with Gasteiger partial charge in [0.25, 0.3) is 0 Å². The van der Waals surface area contributed by atoms with Crippen molar-refractivity contribution in [2.24, 2.45) is 18.0 Å². The number of carbonyl (C=O) groups excluding carboxylic acids is 1. The molecule has 3 fully saturated rings. The van der Waals surface area contributed by atoms with Crippen LogP contribution < -0.4 is 0 Å². The third-order valence-electron chi connectivity index (χ3n) is 5.97. The maximum absolute atomic E-state index is 12.7. The van der Waals surface area contributed by atoms with Crippen molar-refractivity contribution >= 4 is 18.1 Å². The highest BCUT2D eigenvalue weighted by Crippen LogP contribution is 2.38. The lowest BCUT2D eigenvalue weighted by atomic mass is 10.1. The average molecular weight is 380 g/mol. The molecule has 2 atom stereocenters. The van der Waals surface area contributed by atoms with Crippen molar-refractivity contribution in [3.8, 4) is 11.3 Å². The molecular formula is C19H24N8O. The molecule has 2 bridgehead atoms. The number of amidine groups is 1. The molecule has 9 heteroatoms. The monoisotopic (exact) mass is 380 g/mol. The number of aromatic nitrogens is 4. The molecule has 2 N–H and O–H groups in total. The van der Waals surface area contributed by atoms with Crippen molar-refractivity contribution in [1.29, 1.82) is 5.41 Å². The molecule has 2 saturated heterocycles. The Balaban J connectivity index is 1.38. The second-order valence-corrected chi connectivity index (χ2v) is 7.97. The molecule has 1 amide bonds. The molecule has 0 spiro atoms. The first-order chi connectivity index (χ1) is 13.6. The van der Waals surface area contributed by atoms with Crippen LogP contribution in [0.2, 0.25) is 0 Å². The smallest absolute Gasteiger partial charge is 0.226 e. The molecule has 2 unspecified atom stereocenters. The molecule has 1 saturated carbocycles. The summed E-state index contributed by atoms with van der Waals surface area (Å²) in [4.78, 5) is 24.7. The van der Waals surface area contributed by atoms with Gasteiger partial charge in [0.05, 0.1) is 11.9 Å². The van der Waals surface area contributed by atoms with E-state index < -0.39 is 0 Å². The van der Waals surface area contributed by atoms with Gasteiger partial charge in [0.15, 0.2) is 5.84 Å². The van der Waals surface area contributed by atoms with E-state index in [1.807, 2.05) is 25.5 Å². The zero-order valence-corrected chi connectivity index (χ0v) is 15.9. The lowest BCUT2D eigenvalue weighted by molar-refractivity contribution is -0.137. The van der Waals surface area contributed by atoms with E-state index >= 15 is 0 Å². The van der Waals surface area contributed by atoms with Crippen LogP contribution in [0, 0.1) is 11.3 Å². The Bertz CT molecular complexity index is 925. The summed E-state index contributed by atoms with van der Waals surface area (Å²) in [7, 11) is 1.84. The number of likely N-dealkylation sites (tertiary alicyclic amines) is 1. The van der Waals surface area contributed by atoms with Gasteiger partial charge in [0.2, 0.25) is 5.91 Å². The van der Waals surface area contributed by atoms with Gasteiger partial charge in [-0.3, -0.25) is 14.9 Å². The van der Waals surface area contributed by atoms with E-state index in [4.69, 9.17) is 5.41 Å². The van der Waals surface area contributed by atoms with Crippen LogP contribution in [0.15, 0.2) is 23.5 Å². The molecule has 2 aliphatic heterocycles. The molecule has 28 heavy (non-hydrogen) atoms. The number of amides is 1. The largest absolute Gasteiger partial charge is 0.358 e. The predicted octanol–water partition coefficient (Wildman–Crippen LogP) is 1.25. The number of H-pyrrole nitrogens is 1. The number of fused-ring (bicyclic) bond motifs is 2. The zero-order valence-electron chi connectivity index (χ0n) is 15.9. The minimum atomic E-state index is 0.247. The van der Waals surface area contributed by atoms with Gasteiger partial charge < -0.3 is 14.8 Å². The van der Waals surface area contributed by atoms with Gasteiger partial charge in [-0.2, -0.15) is 0 Å². The van der Waals surface area contributed by atoms with Crippen LogP contribution in [-0.4, -0.2) is 73.0 Å². The van der Waals surface area contributed by atoms with Gasteiger partial charge >= 0.3 is 0 Å². The third kappa shape index (κ3) is 2.90. The number of piperazine rings is 1. The van der Waals surface area contributed by atoms with Gasteiger partial charge in [0, 0.05) is 49.9 Å². The fourth-order valence-electron chi connectivity index (χ4n) is 4.51. The van der Waals surface area contributed by atoms with Crippen LogP contribution >= 0.6 is 0 Å². The molecule has 0 radical (unpaired) electrons. The quantitative estimate of drug-likeness (QED) is 0.615. The molecule has 4 heterocycles. The van der Waals surface area contributed by atoms with Gasteiger partial charge in [-0.1, -0.05) is 5.21 Å². The zero-order chi connectivity index (χ0) is 19.3. The minimum Gasteiger partial charge on any atom is -0.358 e. The molecule has 3 aliphatic rings. The van der Waals surface area contributed by atoms with E-state index in [2.05, 4.69) is 30.1 Å².